The third kappa shape index (κ3) is 5.60. The van der Waals surface area contributed by atoms with Crippen LogP contribution in [0.5, 0.6) is 5.75 Å². The van der Waals surface area contributed by atoms with Gasteiger partial charge in [0.25, 0.3) is 11.8 Å². The van der Waals surface area contributed by atoms with Crippen LogP contribution >= 0.6 is 15.9 Å². The van der Waals surface area contributed by atoms with E-state index in [1.807, 2.05) is 19.1 Å². The van der Waals surface area contributed by atoms with E-state index in [-0.39, 0.29) is 5.91 Å². The average molecular weight is 405 g/mol. The highest BCUT2D eigenvalue weighted by Gasteiger charge is 2.15. The number of benzene rings is 2. The lowest BCUT2D eigenvalue weighted by Gasteiger charge is -2.13. The van der Waals surface area contributed by atoms with E-state index in [9.17, 15) is 9.59 Å². The summed E-state index contributed by atoms with van der Waals surface area (Å²) in [5.41, 5.74) is 6.67. The van der Waals surface area contributed by atoms with Crippen molar-refractivity contribution in [1.29, 1.82) is 0 Å². The largest absolute Gasteiger partial charge is 0.493 e. The fourth-order valence-electron chi connectivity index (χ4n) is 2.17. The molecule has 2 N–H and O–H groups in total. The van der Waals surface area contributed by atoms with Crippen molar-refractivity contribution in [2.45, 2.75) is 26.7 Å². The van der Waals surface area contributed by atoms with Crippen LogP contribution in [0.1, 0.15) is 46.0 Å². The van der Waals surface area contributed by atoms with E-state index >= 15 is 0 Å². The fraction of sp³-hybridized carbons (Fsp3) is 0.263. The first-order valence-electron chi connectivity index (χ1n) is 8.11. The topological polar surface area (TPSA) is 67.4 Å². The number of aryl methyl sites for hydroxylation is 1. The molecule has 0 saturated heterocycles. The summed E-state index contributed by atoms with van der Waals surface area (Å²) >= 11 is 3.35. The monoisotopic (exact) mass is 404 g/mol. The molecule has 0 aliphatic heterocycles. The maximum atomic E-state index is 12.4. The molecule has 2 amide bonds. The number of carbonyl (C=O) groups is 2. The van der Waals surface area contributed by atoms with E-state index in [0.29, 0.717) is 23.5 Å². The fourth-order valence-corrected chi connectivity index (χ4v) is 2.53. The first-order valence-corrected chi connectivity index (χ1v) is 8.90. The van der Waals surface area contributed by atoms with Gasteiger partial charge in [-0.2, -0.15) is 0 Å². The Kier molecular flexibility index (Phi) is 7.01. The van der Waals surface area contributed by atoms with Crippen LogP contribution in [0, 0.1) is 6.92 Å². The van der Waals surface area contributed by atoms with Crippen LogP contribution in [0.15, 0.2) is 46.9 Å². The molecule has 2 rings (SSSR count). The molecular formula is C19H21BrN2O3. The summed E-state index contributed by atoms with van der Waals surface area (Å²) in [6, 6.07) is 12.3. The molecule has 2 aromatic rings. The van der Waals surface area contributed by atoms with E-state index in [4.69, 9.17) is 4.74 Å². The molecule has 2 aromatic carbocycles. The molecule has 0 saturated carbocycles. The lowest BCUT2D eigenvalue weighted by atomic mass is 10.1. The minimum Gasteiger partial charge on any atom is -0.493 e. The molecule has 0 heterocycles. The van der Waals surface area contributed by atoms with Crippen molar-refractivity contribution in [2.75, 3.05) is 6.61 Å². The molecule has 5 nitrogen and oxygen atoms in total. The molecule has 0 radical (unpaired) electrons. The van der Waals surface area contributed by atoms with Crippen LogP contribution in [0.3, 0.4) is 0 Å². The quantitative estimate of drug-likeness (QED) is 0.564. The molecular weight excluding hydrogens is 384 g/mol. The highest BCUT2D eigenvalue weighted by atomic mass is 79.9. The standard InChI is InChI=1S/C19H21BrN2O3/c1-3-4-10-25-17-9-8-15(20)12-16(17)19(24)22-21-18(23)14-7-5-6-13(2)11-14/h5-9,11-12H,3-4,10H2,1-2H3,(H,21,23)(H,22,24). The van der Waals surface area contributed by atoms with Gasteiger partial charge >= 0.3 is 0 Å². The molecule has 0 bridgehead atoms. The van der Waals surface area contributed by atoms with Gasteiger partial charge in [-0.05, 0) is 43.7 Å². The van der Waals surface area contributed by atoms with Crippen molar-refractivity contribution in [3.8, 4) is 5.75 Å². The number of rotatable bonds is 6. The zero-order valence-electron chi connectivity index (χ0n) is 14.3. The van der Waals surface area contributed by atoms with Crippen molar-refractivity contribution < 1.29 is 14.3 Å². The number of hydrazine groups is 1. The zero-order chi connectivity index (χ0) is 18.2. The third-order valence-corrected chi connectivity index (χ3v) is 4.00. The molecule has 0 aliphatic carbocycles. The van der Waals surface area contributed by atoms with Crippen molar-refractivity contribution in [3.05, 3.63) is 63.6 Å². The van der Waals surface area contributed by atoms with E-state index in [1.54, 1.807) is 30.3 Å². The minimum atomic E-state index is -0.436. The summed E-state index contributed by atoms with van der Waals surface area (Å²) < 4.78 is 6.42. The normalized spacial score (nSPS) is 10.2. The molecule has 0 aromatic heterocycles. The third-order valence-electron chi connectivity index (χ3n) is 3.51. The minimum absolute atomic E-state index is 0.357. The smallest absolute Gasteiger partial charge is 0.273 e. The first-order chi connectivity index (χ1) is 12.0. The van der Waals surface area contributed by atoms with Crippen LogP contribution < -0.4 is 15.6 Å². The lowest BCUT2D eigenvalue weighted by molar-refractivity contribution is 0.0844. The second-order valence-electron chi connectivity index (χ2n) is 5.62. The summed E-state index contributed by atoms with van der Waals surface area (Å²) in [6.07, 6.45) is 1.91. The van der Waals surface area contributed by atoms with Gasteiger partial charge in [0, 0.05) is 10.0 Å². The Hall–Kier alpha value is -2.34. The van der Waals surface area contributed by atoms with Crippen LogP contribution in [0.25, 0.3) is 0 Å². The Labute approximate surface area is 155 Å². The average Bonchev–Trinajstić information content (AvgIpc) is 2.60. The van der Waals surface area contributed by atoms with Gasteiger partial charge in [-0.15, -0.1) is 0 Å². The Bertz CT molecular complexity index is 762. The number of halogens is 1. The Balaban J connectivity index is 2.04. The predicted molar refractivity (Wildman–Crippen MR) is 101 cm³/mol. The maximum Gasteiger partial charge on any atom is 0.273 e. The Morgan fingerprint density at radius 2 is 1.84 bits per heavy atom. The van der Waals surface area contributed by atoms with Crippen molar-refractivity contribution in [1.82, 2.24) is 10.9 Å². The number of amides is 2. The van der Waals surface area contributed by atoms with E-state index in [2.05, 4.69) is 33.7 Å². The van der Waals surface area contributed by atoms with Gasteiger partial charge < -0.3 is 4.74 Å². The maximum absolute atomic E-state index is 12.4. The summed E-state index contributed by atoms with van der Waals surface area (Å²) in [5, 5.41) is 0. The number of nitrogens with one attached hydrogen (secondary N) is 2. The SMILES string of the molecule is CCCCOc1ccc(Br)cc1C(=O)NNC(=O)c1cccc(C)c1. The molecule has 6 heteroatoms. The van der Waals surface area contributed by atoms with Crippen molar-refractivity contribution in [2.24, 2.45) is 0 Å². The van der Waals surface area contributed by atoms with Gasteiger partial charge in [-0.3, -0.25) is 20.4 Å². The second kappa shape index (κ2) is 9.22. The van der Waals surface area contributed by atoms with Crippen LogP contribution in [0.4, 0.5) is 0 Å². The number of ether oxygens (including phenoxy) is 1. The number of unbranched alkanes of at least 4 members (excludes halogenated alkanes) is 1. The predicted octanol–water partition coefficient (Wildman–Crippen LogP) is 4.01. The molecule has 132 valence electrons. The van der Waals surface area contributed by atoms with Crippen LogP contribution in [0.2, 0.25) is 0 Å². The highest BCUT2D eigenvalue weighted by molar-refractivity contribution is 9.10. The summed E-state index contributed by atoms with van der Waals surface area (Å²) in [5.74, 6) is -0.326. The van der Waals surface area contributed by atoms with Gasteiger partial charge in [-0.25, -0.2) is 0 Å². The Morgan fingerprint density at radius 3 is 2.56 bits per heavy atom. The summed E-state index contributed by atoms with van der Waals surface area (Å²) in [7, 11) is 0. The van der Waals surface area contributed by atoms with E-state index < -0.39 is 5.91 Å². The number of hydrogen-bond donors (Lipinski definition) is 2. The number of carbonyl (C=O) groups excluding carboxylic acids is 2. The highest BCUT2D eigenvalue weighted by Crippen LogP contribution is 2.23. The molecule has 0 unspecified atom stereocenters. The summed E-state index contributed by atoms with van der Waals surface area (Å²) in [4.78, 5) is 24.6. The first kappa shape index (κ1) is 19.0. The summed E-state index contributed by atoms with van der Waals surface area (Å²) in [6.45, 7) is 4.50. The van der Waals surface area contributed by atoms with E-state index in [1.165, 1.54) is 0 Å². The van der Waals surface area contributed by atoms with Gasteiger partial charge in [-0.1, -0.05) is 47.0 Å². The van der Waals surface area contributed by atoms with Crippen molar-refractivity contribution in [3.63, 3.8) is 0 Å². The number of hydrogen-bond acceptors (Lipinski definition) is 3. The van der Waals surface area contributed by atoms with Crippen molar-refractivity contribution >= 4 is 27.7 Å². The molecule has 0 aliphatic rings. The molecule has 25 heavy (non-hydrogen) atoms. The Morgan fingerprint density at radius 1 is 1.08 bits per heavy atom. The van der Waals surface area contributed by atoms with Gasteiger partial charge in [0.05, 0.1) is 12.2 Å². The van der Waals surface area contributed by atoms with Gasteiger partial charge in [0.2, 0.25) is 0 Å². The van der Waals surface area contributed by atoms with Crippen LogP contribution in [-0.4, -0.2) is 18.4 Å². The molecule has 0 fully saturated rings. The van der Waals surface area contributed by atoms with E-state index in [0.717, 1.165) is 22.9 Å². The second-order valence-corrected chi connectivity index (χ2v) is 6.54. The zero-order valence-corrected chi connectivity index (χ0v) is 15.9. The van der Waals surface area contributed by atoms with Crippen LogP contribution in [-0.2, 0) is 0 Å². The molecule has 0 spiro atoms. The molecule has 0 atom stereocenters. The van der Waals surface area contributed by atoms with Gasteiger partial charge in [0.1, 0.15) is 5.75 Å². The van der Waals surface area contributed by atoms with Gasteiger partial charge in [0.15, 0.2) is 0 Å². The lowest BCUT2D eigenvalue weighted by Crippen LogP contribution is -2.41.